The zero-order valence-corrected chi connectivity index (χ0v) is 10.8. The highest BCUT2D eigenvalue weighted by atomic mass is 15.4. The first-order chi connectivity index (χ1) is 6.79. The smallest absolute Gasteiger partial charge is 0.0864 e. The summed E-state index contributed by atoms with van der Waals surface area (Å²) in [6, 6.07) is 0. The number of hydrogen-bond donors (Lipinski definition) is 0. The van der Waals surface area contributed by atoms with Crippen LogP contribution in [-0.4, -0.2) is 15.0 Å². The number of aromatic nitrogens is 3. The van der Waals surface area contributed by atoms with Gasteiger partial charge < -0.3 is 0 Å². The third-order valence-electron chi connectivity index (χ3n) is 2.32. The molecule has 86 valence electrons. The molecule has 0 saturated carbocycles. The monoisotopic (exact) mass is 209 g/mol. The van der Waals surface area contributed by atoms with Gasteiger partial charge in [0.2, 0.25) is 0 Å². The zero-order chi connectivity index (χ0) is 11.6. The molecule has 0 fully saturated rings. The predicted octanol–water partition coefficient (Wildman–Crippen LogP) is 2.60. The average molecular weight is 209 g/mol. The van der Waals surface area contributed by atoms with E-state index in [1.807, 2.05) is 11.7 Å². The van der Waals surface area contributed by atoms with Crippen LogP contribution >= 0.6 is 0 Å². The van der Waals surface area contributed by atoms with Gasteiger partial charge in [-0.05, 0) is 24.2 Å². The molecule has 0 bridgehead atoms. The SMILES string of the molecule is CC(C)Cc1c(CC(C)(C)C)nnn1C. The lowest BCUT2D eigenvalue weighted by molar-refractivity contribution is 0.403. The first-order valence-corrected chi connectivity index (χ1v) is 5.67. The van der Waals surface area contributed by atoms with Crippen molar-refractivity contribution in [1.29, 1.82) is 0 Å². The van der Waals surface area contributed by atoms with E-state index in [1.54, 1.807) is 0 Å². The molecule has 0 unspecified atom stereocenters. The molecule has 1 rings (SSSR count). The highest BCUT2D eigenvalue weighted by Gasteiger charge is 2.18. The second kappa shape index (κ2) is 4.33. The summed E-state index contributed by atoms with van der Waals surface area (Å²) >= 11 is 0. The third-order valence-corrected chi connectivity index (χ3v) is 2.32. The fraction of sp³-hybridized carbons (Fsp3) is 0.833. The van der Waals surface area contributed by atoms with Crippen LogP contribution in [0.25, 0.3) is 0 Å². The van der Waals surface area contributed by atoms with Gasteiger partial charge in [0.25, 0.3) is 0 Å². The van der Waals surface area contributed by atoms with Gasteiger partial charge in [0, 0.05) is 7.05 Å². The summed E-state index contributed by atoms with van der Waals surface area (Å²) in [6.07, 6.45) is 2.07. The average Bonchev–Trinajstić information content (AvgIpc) is 2.32. The molecule has 0 spiro atoms. The van der Waals surface area contributed by atoms with Crippen LogP contribution in [-0.2, 0) is 19.9 Å². The molecule has 0 aliphatic rings. The number of hydrogen-bond acceptors (Lipinski definition) is 2. The van der Waals surface area contributed by atoms with Crippen LogP contribution < -0.4 is 0 Å². The number of rotatable bonds is 3. The first kappa shape index (κ1) is 12.2. The highest BCUT2D eigenvalue weighted by Crippen LogP contribution is 2.22. The van der Waals surface area contributed by atoms with E-state index in [1.165, 1.54) is 11.4 Å². The molecule has 0 saturated heterocycles. The summed E-state index contributed by atoms with van der Waals surface area (Å²) in [6.45, 7) is 11.2. The predicted molar refractivity (Wildman–Crippen MR) is 62.7 cm³/mol. The molecule has 0 amide bonds. The van der Waals surface area contributed by atoms with Gasteiger partial charge in [-0.15, -0.1) is 5.10 Å². The van der Waals surface area contributed by atoms with Crippen molar-refractivity contribution in [2.45, 2.75) is 47.5 Å². The molecule has 3 heteroatoms. The largest absolute Gasteiger partial charge is 0.252 e. The Morgan fingerprint density at radius 3 is 2.33 bits per heavy atom. The molecule has 0 N–H and O–H groups in total. The minimum absolute atomic E-state index is 0.280. The Morgan fingerprint density at radius 1 is 1.27 bits per heavy atom. The van der Waals surface area contributed by atoms with E-state index in [9.17, 15) is 0 Å². The topological polar surface area (TPSA) is 30.7 Å². The van der Waals surface area contributed by atoms with Crippen molar-refractivity contribution in [1.82, 2.24) is 15.0 Å². The van der Waals surface area contributed by atoms with Gasteiger partial charge in [-0.3, -0.25) is 4.68 Å². The van der Waals surface area contributed by atoms with E-state index < -0.39 is 0 Å². The normalized spacial score (nSPS) is 12.5. The second-order valence-electron chi connectivity index (χ2n) is 5.94. The van der Waals surface area contributed by atoms with Crippen LogP contribution in [0.2, 0.25) is 0 Å². The van der Waals surface area contributed by atoms with Crippen LogP contribution in [0, 0.1) is 11.3 Å². The lowest BCUT2D eigenvalue weighted by atomic mass is 9.89. The number of nitrogens with zero attached hydrogens (tertiary/aromatic N) is 3. The van der Waals surface area contributed by atoms with E-state index in [4.69, 9.17) is 0 Å². The summed E-state index contributed by atoms with van der Waals surface area (Å²) in [5.41, 5.74) is 2.74. The van der Waals surface area contributed by atoms with Crippen molar-refractivity contribution in [3.05, 3.63) is 11.4 Å². The fourth-order valence-electron chi connectivity index (χ4n) is 1.70. The Bertz CT molecular complexity index is 318. The van der Waals surface area contributed by atoms with Gasteiger partial charge in [0.1, 0.15) is 0 Å². The molecule has 0 aliphatic heterocycles. The van der Waals surface area contributed by atoms with Crippen molar-refractivity contribution in [3.63, 3.8) is 0 Å². The van der Waals surface area contributed by atoms with E-state index in [-0.39, 0.29) is 5.41 Å². The van der Waals surface area contributed by atoms with Gasteiger partial charge in [-0.2, -0.15) is 0 Å². The lowest BCUT2D eigenvalue weighted by Gasteiger charge is -2.17. The van der Waals surface area contributed by atoms with Crippen molar-refractivity contribution >= 4 is 0 Å². The van der Waals surface area contributed by atoms with E-state index >= 15 is 0 Å². The maximum absolute atomic E-state index is 4.27. The molecule has 1 aromatic rings. The molecular formula is C12H23N3. The number of aryl methyl sites for hydroxylation is 1. The quantitative estimate of drug-likeness (QED) is 0.766. The van der Waals surface area contributed by atoms with Gasteiger partial charge >= 0.3 is 0 Å². The minimum atomic E-state index is 0.280. The van der Waals surface area contributed by atoms with Crippen LogP contribution in [0.1, 0.15) is 46.0 Å². The van der Waals surface area contributed by atoms with Crippen molar-refractivity contribution < 1.29 is 0 Å². The molecule has 0 aromatic carbocycles. The Balaban J connectivity index is 2.88. The molecule has 1 aromatic heterocycles. The van der Waals surface area contributed by atoms with Crippen LogP contribution in [0.5, 0.6) is 0 Å². The van der Waals surface area contributed by atoms with Crippen LogP contribution in [0.4, 0.5) is 0 Å². The molecule has 15 heavy (non-hydrogen) atoms. The zero-order valence-electron chi connectivity index (χ0n) is 10.8. The summed E-state index contributed by atoms with van der Waals surface area (Å²) in [5, 5.41) is 8.39. The van der Waals surface area contributed by atoms with Crippen molar-refractivity contribution in [2.24, 2.45) is 18.4 Å². The summed E-state index contributed by atoms with van der Waals surface area (Å²) < 4.78 is 1.92. The molecule has 3 nitrogen and oxygen atoms in total. The minimum Gasteiger partial charge on any atom is -0.252 e. The molecule has 1 heterocycles. The maximum Gasteiger partial charge on any atom is 0.0864 e. The molecule has 0 radical (unpaired) electrons. The summed E-state index contributed by atoms with van der Waals surface area (Å²) in [4.78, 5) is 0. The van der Waals surface area contributed by atoms with Gasteiger partial charge in [0.15, 0.2) is 0 Å². The van der Waals surface area contributed by atoms with E-state index in [0.717, 1.165) is 12.8 Å². The first-order valence-electron chi connectivity index (χ1n) is 5.67. The van der Waals surface area contributed by atoms with Crippen LogP contribution in [0.3, 0.4) is 0 Å². The van der Waals surface area contributed by atoms with Gasteiger partial charge in [-0.1, -0.05) is 39.8 Å². The Morgan fingerprint density at radius 2 is 1.87 bits per heavy atom. The van der Waals surface area contributed by atoms with E-state index in [0.29, 0.717) is 5.92 Å². The van der Waals surface area contributed by atoms with E-state index in [2.05, 4.69) is 44.9 Å². The second-order valence-corrected chi connectivity index (χ2v) is 5.94. The third kappa shape index (κ3) is 3.65. The molecule has 0 aliphatic carbocycles. The Labute approximate surface area is 92.9 Å². The van der Waals surface area contributed by atoms with Crippen LogP contribution in [0.15, 0.2) is 0 Å². The van der Waals surface area contributed by atoms with Crippen molar-refractivity contribution in [3.8, 4) is 0 Å². The summed E-state index contributed by atoms with van der Waals surface area (Å²) in [7, 11) is 1.98. The lowest BCUT2D eigenvalue weighted by Crippen LogP contribution is -2.13. The maximum atomic E-state index is 4.27. The Kier molecular flexibility index (Phi) is 3.53. The standard InChI is InChI=1S/C12H23N3/c1-9(2)7-11-10(8-12(3,4)5)13-14-15(11)6/h9H,7-8H2,1-6H3. The Hall–Kier alpha value is -0.860. The molecular weight excluding hydrogens is 186 g/mol. The molecule has 0 atom stereocenters. The van der Waals surface area contributed by atoms with Gasteiger partial charge in [-0.25, -0.2) is 0 Å². The highest BCUT2D eigenvalue weighted by molar-refractivity contribution is 5.12. The summed E-state index contributed by atoms with van der Waals surface area (Å²) in [5.74, 6) is 0.654. The van der Waals surface area contributed by atoms with Crippen molar-refractivity contribution in [2.75, 3.05) is 0 Å². The van der Waals surface area contributed by atoms with Gasteiger partial charge in [0.05, 0.1) is 11.4 Å². The fourth-order valence-corrected chi connectivity index (χ4v) is 1.70.